The van der Waals surface area contributed by atoms with Gasteiger partial charge in [-0.25, -0.2) is 4.98 Å². The van der Waals surface area contributed by atoms with E-state index in [0.29, 0.717) is 36.0 Å². The number of ether oxygens (including phenoxy) is 1. The van der Waals surface area contributed by atoms with Crippen molar-refractivity contribution in [3.63, 3.8) is 0 Å². The second kappa shape index (κ2) is 5.61. The predicted octanol–water partition coefficient (Wildman–Crippen LogP) is 1.05. The highest BCUT2D eigenvalue weighted by Gasteiger charge is 2.07. The lowest BCUT2D eigenvalue weighted by molar-refractivity contribution is 0.323. The first kappa shape index (κ1) is 13.1. The summed E-state index contributed by atoms with van der Waals surface area (Å²) in [6.07, 6.45) is 3.12. The fourth-order valence-corrected chi connectivity index (χ4v) is 1.93. The molecule has 0 unspecified atom stereocenters. The molecule has 0 bridgehead atoms. The van der Waals surface area contributed by atoms with Gasteiger partial charge >= 0.3 is 0 Å². The number of rotatable bonds is 5. The predicted molar refractivity (Wildman–Crippen MR) is 77.2 cm³/mol. The van der Waals surface area contributed by atoms with Crippen molar-refractivity contribution in [2.45, 2.75) is 13.5 Å². The quantitative estimate of drug-likeness (QED) is 0.647. The van der Waals surface area contributed by atoms with Gasteiger partial charge in [0.15, 0.2) is 5.65 Å². The van der Waals surface area contributed by atoms with Crippen LogP contribution in [0.2, 0.25) is 0 Å². The molecule has 0 atom stereocenters. The van der Waals surface area contributed by atoms with E-state index in [4.69, 9.17) is 4.74 Å². The summed E-state index contributed by atoms with van der Waals surface area (Å²) < 4.78 is 5.45. The third kappa shape index (κ3) is 2.69. The summed E-state index contributed by atoms with van der Waals surface area (Å²) in [6, 6.07) is 3.73. The van der Waals surface area contributed by atoms with Gasteiger partial charge in [-0.1, -0.05) is 6.07 Å². The molecule has 8 heteroatoms. The van der Waals surface area contributed by atoms with Crippen LogP contribution in [-0.4, -0.2) is 31.8 Å². The van der Waals surface area contributed by atoms with Crippen LogP contribution in [0.3, 0.4) is 0 Å². The molecular formula is C13H14N6O2. The molecule has 21 heavy (non-hydrogen) atoms. The number of aromatic nitrogens is 5. The maximum absolute atomic E-state index is 11.8. The van der Waals surface area contributed by atoms with Crippen LogP contribution in [0.1, 0.15) is 12.5 Å². The first-order chi connectivity index (χ1) is 10.3. The molecular weight excluding hydrogens is 272 g/mol. The smallest absolute Gasteiger partial charge is 0.263 e. The van der Waals surface area contributed by atoms with Gasteiger partial charge < -0.3 is 10.1 Å². The molecule has 3 aromatic heterocycles. The molecule has 108 valence electrons. The van der Waals surface area contributed by atoms with Crippen LogP contribution in [0.4, 0.5) is 5.95 Å². The molecule has 0 radical (unpaired) electrons. The molecule has 0 saturated carbocycles. The van der Waals surface area contributed by atoms with E-state index in [-0.39, 0.29) is 5.56 Å². The Bertz CT molecular complexity index is 810. The number of anilines is 1. The van der Waals surface area contributed by atoms with Crippen molar-refractivity contribution in [3.8, 4) is 5.88 Å². The number of H-pyrrole nitrogens is 2. The van der Waals surface area contributed by atoms with Crippen molar-refractivity contribution < 1.29 is 4.74 Å². The summed E-state index contributed by atoms with van der Waals surface area (Å²) in [5, 5.41) is 9.94. The molecule has 3 aromatic rings. The highest BCUT2D eigenvalue weighted by molar-refractivity contribution is 5.73. The average Bonchev–Trinajstić information content (AvgIpc) is 2.96. The third-order valence-corrected chi connectivity index (χ3v) is 2.90. The Labute approximate surface area is 119 Å². The molecule has 0 aromatic carbocycles. The Kier molecular flexibility index (Phi) is 3.50. The normalized spacial score (nSPS) is 10.7. The minimum Gasteiger partial charge on any atom is -0.478 e. The summed E-state index contributed by atoms with van der Waals surface area (Å²) in [5.74, 6) is 0.931. The topological polar surface area (TPSA) is 109 Å². The molecule has 0 aliphatic carbocycles. The summed E-state index contributed by atoms with van der Waals surface area (Å²) in [4.78, 5) is 22.9. The zero-order chi connectivity index (χ0) is 14.7. The number of pyridine rings is 1. The van der Waals surface area contributed by atoms with E-state index in [0.717, 1.165) is 5.56 Å². The van der Waals surface area contributed by atoms with Gasteiger partial charge in [-0.2, -0.15) is 10.1 Å². The summed E-state index contributed by atoms with van der Waals surface area (Å²) in [5.41, 5.74) is 1.08. The first-order valence-corrected chi connectivity index (χ1v) is 6.52. The summed E-state index contributed by atoms with van der Waals surface area (Å²) >= 11 is 0. The zero-order valence-electron chi connectivity index (χ0n) is 11.4. The van der Waals surface area contributed by atoms with Gasteiger partial charge in [0, 0.05) is 18.3 Å². The van der Waals surface area contributed by atoms with Crippen LogP contribution >= 0.6 is 0 Å². The number of aromatic amines is 2. The lowest BCUT2D eigenvalue weighted by Gasteiger charge is -2.09. The molecule has 0 aliphatic heterocycles. The van der Waals surface area contributed by atoms with E-state index in [9.17, 15) is 4.79 Å². The maximum atomic E-state index is 11.8. The number of fused-ring (bicyclic) bond motifs is 1. The van der Waals surface area contributed by atoms with Crippen LogP contribution in [-0.2, 0) is 6.54 Å². The Balaban J connectivity index is 1.82. The summed E-state index contributed by atoms with van der Waals surface area (Å²) in [6.45, 7) is 2.88. The van der Waals surface area contributed by atoms with Gasteiger partial charge in [0.05, 0.1) is 12.8 Å². The lowest BCUT2D eigenvalue weighted by Crippen LogP contribution is -2.13. The Morgan fingerprint density at radius 1 is 1.43 bits per heavy atom. The molecule has 3 rings (SSSR count). The van der Waals surface area contributed by atoms with Gasteiger partial charge in [0.25, 0.3) is 5.56 Å². The highest BCUT2D eigenvalue weighted by atomic mass is 16.5. The lowest BCUT2D eigenvalue weighted by atomic mass is 10.2. The minimum absolute atomic E-state index is 0.243. The van der Waals surface area contributed by atoms with E-state index in [1.165, 1.54) is 6.20 Å². The molecule has 0 fully saturated rings. The zero-order valence-corrected chi connectivity index (χ0v) is 11.4. The molecule has 3 heterocycles. The maximum Gasteiger partial charge on any atom is 0.263 e. The standard InChI is InChI=1S/C13H14N6O2/c1-2-21-12-8(4-3-5-14-12)6-15-13-17-10-9(7-16-19-10)11(20)18-13/h3-5,7H,2,6H2,1H3,(H3,15,16,17,18,19,20). The number of hydrogen-bond donors (Lipinski definition) is 3. The van der Waals surface area contributed by atoms with Crippen LogP contribution in [0.25, 0.3) is 11.0 Å². The van der Waals surface area contributed by atoms with E-state index >= 15 is 0 Å². The van der Waals surface area contributed by atoms with Crippen LogP contribution < -0.4 is 15.6 Å². The number of nitrogens with one attached hydrogen (secondary N) is 3. The van der Waals surface area contributed by atoms with Crippen molar-refractivity contribution >= 4 is 17.0 Å². The van der Waals surface area contributed by atoms with Crippen molar-refractivity contribution in [1.82, 2.24) is 25.1 Å². The fourth-order valence-electron chi connectivity index (χ4n) is 1.93. The first-order valence-electron chi connectivity index (χ1n) is 6.52. The van der Waals surface area contributed by atoms with Gasteiger partial charge in [-0.3, -0.25) is 14.9 Å². The summed E-state index contributed by atoms with van der Waals surface area (Å²) in [7, 11) is 0. The second-order valence-electron chi connectivity index (χ2n) is 4.30. The van der Waals surface area contributed by atoms with Gasteiger partial charge in [-0.05, 0) is 13.0 Å². The minimum atomic E-state index is -0.243. The molecule has 0 saturated heterocycles. The third-order valence-electron chi connectivity index (χ3n) is 2.90. The van der Waals surface area contributed by atoms with Gasteiger partial charge in [0.2, 0.25) is 11.8 Å². The molecule has 3 N–H and O–H groups in total. The van der Waals surface area contributed by atoms with Crippen molar-refractivity contribution in [2.75, 3.05) is 11.9 Å². The van der Waals surface area contributed by atoms with E-state index in [1.54, 1.807) is 6.20 Å². The Hall–Kier alpha value is -2.90. The van der Waals surface area contributed by atoms with E-state index in [1.807, 2.05) is 19.1 Å². The Morgan fingerprint density at radius 2 is 2.33 bits per heavy atom. The van der Waals surface area contributed by atoms with Gasteiger partial charge in [-0.15, -0.1) is 0 Å². The molecule has 0 spiro atoms. The van der Waals surface area contributed by atoms with Crippen LogP contribution in [0.15, 0.2) is 29.3 Å². The molecule has 0 aliphatic rings. The van der Waals surface area contributed by atoms with Crippen molar-refractivity contribution in [1.29, 1.82) is 0 Å². The van der Waals surface area contributed by atoms with Gasteiger partial charge in [0.1, 0.15) is 5.39 Å². The van der Waals surface area contributed by atoms with Crippen LogP contribution in [0.5, 0.6) is 5.88 Å². The highest BCUT2D eigenvalue weighted by Crippen LogP contribution is 2.15. The average molecular weight is 286 g/mol. The van der Waals surface area contributed by atoms with E-state index in [2.05, 4.69) is 30.5 Å². The van der Waals surface area contributed by atoms with Crippen molar-refractivity contribution in [3.05, 3.63) is 40.4 Å². The largest absolute Gasteiger partial charge is 0.478 e. The Morgan fingerprint density at radius 3 is 3.19 bits per heavy atom. The van der Waals surface area contributed by atoms with Crippen molar-refractivity contribution in [2.24, 2.45) is 0 Å². The van der Waals surface area contributed by atoms with Crippen LogP contribution in [0, 0.1) is 0 Å². The fraction of sp³-hybridized carbons (Fsp3) is 0.231. The number of hydrogen-bond acceptors (Lipinski definition) is 6. The number of nitrogens with zero attached hydrogens (tertiary/aromatic N) is 3. The SMILES string of the molecule is CCOc1ncccc1CNc1nc2[nH]ncc2c(=O)[nH]1. The molecule has 8 nitrogen and oxygen atoms in total. The molecule has 0 amide bonds. The van der Waals surface area contributed by atoms with E-state index < -0.39 is 0 Å². The monoisotopic (exact) mass is 286 g/mol. The second-order valence-corrected chi connectivity index (χ2v) is 4.30.